The van der Waals surface area contributed by atoms with E-state index in [0.717, 1.165) is 12.1 Å². The lowest BCUT2D eigenvalue weighted by atomic mass is 10.0. The summed E-state index contributed by atoms with van der Waals surface area (Å²) in [5, 5.41) is 6.42. The van der Waals surface area contributed by atoms with Crippen molar-refractivity contribution in [2.75, 3.05) is 25.1 Å². The summed E-state index contributed by atoms with van der Waals surface area (Å²) in [6.07, 6.45) is 1.62. The Hall–Kier alpha value is -1.17. The van der Waals surface area contributed by atoms with Crippen molar-refractivity contribution >= 4 is 23.2 Å². The summed E-state index contributed by atoms with van der Waals surface area (Å²) in [5.41, 5.74) is 1.48. The highest BCUT2D eigenvalue weighted by Gasteiger charge is 2.33. The third-order valence-electron chi connectivity index (χ3n) is 3.24. The fourth-order valence-corrected chi connectivity index (χ4v) is 2.42. The molecule has 1 aliphatic heterocycles. The number of hydrogen-bond donors (Lipinski definition) is 2. The number of pyridine rings is 1. The molecule has 2 unspecified atom stereocenters. The second-order valence-electron chi connectivity index (χ2n) is 4.59. The van der Waals surface area contributed by atoms with Crippen molar-refractivity contribution < 1.29 is 9.53 Å². The molecule has 0 saturated carbocycles. The molecule has 0 bridgehead atoms. The molecule has 0 aromatic carbocycles. The molecular weight excluding hydrogens is 266 g/mol. The third-order valence-corrected chi connectivity index (χ3v) is 3.53. The molecule has 2 atom stereocenters. The first-order valence-electron chi connectivity index (χ1n) is 6.36. The number of carbonyl (C=O) groups excluding carboxylic acids is 1. The second-order valence-corrected chi connectivity index (χ2v) is 4.95. The topological polar surface area (TPSA) is 63.2 Å². The monoisotopic (exact) mass is 283 g/mol. The van der Waals surface area contributed by atoms with Crippen LogP contribution >= 0.6 is 11.6 Å². The van der Waals surface area contributed by atoms with E-state index in [1.807, 2.05) is 19.9 Å². The van der Waals surface area contributed by atoms with Crippen molar-refractivity contribution in [2.24, 2.45) is 5.92 Å². The van der Waals surface area contributed by atoms with Gasteiger partial charge in [-0.25, -0.2) is 4.98 Å². The Morgan fingerprint density at radius 2 is 2.37 bits per heavy atom. The number of nitrogens with zero attached hydrogens (tertiary/aromatic N) is 1. The van der Waals surface area contributed by atoms with E-state index in [-0.39, 0.29) is 17.9 Å². The van der Waals surface area contributed by atoms with Crippen LogP contribution in [0, 0.1) is 12.8 Å². The molecule has 2 N–H and O–H groups in total. The van der Waals surface area contributed by atoms with Crippen LogP contribution in [0.1, 0.15) is 12.5 Å². The molecule has 1 aliphatic rings. The summed E-state index contributed by atoms with van der Waals surface area (Å²) in [5.74, 6) is -0.280. The molecule has 1 aromatic rings. The molecule has 19 heavy (non-hydrogen) atoms. The van der Waals surface area contributed by atoms with E-state index < -0.39 is 0 Å². The number of aryl methyl sites for hydroxylation is 1. The zero-order valence-corrected chi connectivity index (χ0v) is 11.8. The minimum absolute atomic E-state index is 0.0563. The summed E-state index contributed by atoms with van der Waals surface area (Å²) >= 11 is 6.01. The van der Waals surface area contributed by atoms with E-state index in [1.165, 1.54) is 0 Å². The molecule has 6 heteroatoms. The summed E-state index contributed by atoms with van der Waals surface area (Å²) in [7, 11) is 0. The molecule has 104 valence electrons. The van der Waals surface area contributed by atoms with Crippen molar-refractivity contribution in [1.29, 1.82) is 0 Å². The first-order chi connectivity index (χ1) is 9.13. The molecule has 0 spiro atoms. The third kappa shape index (κ3) is 3.23. The van der Waals surface area contributed by atoms with Gasteiger partial charge in [0.05, 0.1) is 24.8 Å². The molecule has 2 heterocycles. The van der Waals surface area contributed by atoms with Gasteiger partial charge in [0, 0.05) is 12.2 Å². The van der Waals surface area contributed by atoms with E-state index in [0.29, 0.717) is 24.1 Å². The highest BCUT2D eigenvalue weighted by Crippen LogP contribution is 2.24. The van der Waals surface area contributed by atoms with Gasteiger partial charge in [0.1, 0.15) is 0 Å². The zero-order valence-electron chi connectivity index (χ0n) is 11.1. The van der Waals surface area contributed by atoms with Crippen molar-refractivity contribution in [3.8, 4) is 0 Å². The Morgan fingerprint density at radius 1 is 1.58 bits per heavy atom. The van der Waals surface area contributed by atoms with Crippen LogP contribution in [-0.2, 0) is 9.53 Å². The maximum atomic E-state index is 12.3. The smallest absolute Gasteiger partial charge is 0.231 e. The minimum Gasteiger partial charge on any atom is -0.379 e. The Labute approximate surface area is 117 Å². The summed E-state index contributed by atoms with van der Waals surface area (Å²) in [4.78, 5) is 16.3. The molecule has 2 rings (SSSR count). The van der Waals surface area contributed by atoms with Crippen LogP contribution in [0.2, 0.25) is 5.15 Å². The molecule has 1 saturated heterocycles. The quantitative estimate of drug-likeness (QED) is 0.824. The largest absolute Gasteiger partial charge is 0.379 e. The number of nitrogens with one attached hydrogen (secondary N) is 2. The van der Waals surface area contributed by atoms with Crippen molar-refractivity contribution in [1.82, 2.24) is 10.3 Å². The number of rotatable bonds is 4. The number of anilines is 1. The molecule has 0 radical (unpaired) electrons. The van der Waals surface area contributed by atoms with Gasteiger partial charge in [-0.05, 0) is 25.1 Å². The van der Waals surface area contributed by atoms with E-state index in [2.05, 4.69) is 15.6 Å². The van der Waals surface area contributed by atoms with Crippen molar-refractivity contribution in [2.45, 2.75) is 19.9 Å². The van der Waals surface area contributed by atoms with E-state index in [4.69, 9.17) is 16.3 Å². The standard InChI is InChI=1S/C13H18ClN3O2/c1-3-15-10-7-19-6-9(10)13(18)17-11-8(2)4-5-16-12(11)14/h4-5,9-10,15H,3,6-7H2,1-2H3,(H,17,18). The van der Waals surface area contributed by atoms with E-state index in [9.17, 15) is 4.79 Å². The molecule has 1 amide bonds. The van der Waals surface area contributed by atoms with E-state index >= 15 is 0 Å². The van der Waals surface area contributed by atoms with Crippen LogP contribution in [0.15, 0.2) is 12.3 Å². The Balaban J connectivity index is 2.08. The Morgan fingerprint density at radius 3 is 3.05 bits per heavy atom. The molecule has 0 aliphatic carbocycles. The zero-order chi connectivity index (χ0) is 13.8. The molecule has 1 fully saturated rings. The lowest BCUT2D eigenvalue weighted by Crippen LogP contribution is -2.41. The van der Waals surface area contributed by atoms with Gasteiger partial charge in [-0.15, -0.1) is 0 Å². The molecule has 1 aromatic heterocycles. The molecular formula is C13H18ClN3O2. The van der Waals surface area contributed by atoms with Crippen LogP contribution in [0.5, 0.6) is 0 Å². The number of amides is 1. The highest BCUT2D eigenvalue weighted by molar-refractivity contribution is 6.32. The molecule has 5 nitrogen and oxygen atoms in total. The van der Waals surface area contributed by atoms with Gasteiger partial charge < -0.3 is 15.4 Å². The second kappa shape index (κ2) is 6.32. The van der Waals surface area contributed by atoms with Gasteiger partial charge in [0.15, 0.2) is 5.15 Å². The van der Waals surface area contributed by atoms with Gasteiger partial charge in [-0.2, -0.15) is 0 Å². The average Bonchev–Trinajstić information content (AvgIpc) is 2.83. The normalized spacial score (nSPS) is 22.5. The van der Waals surface area contributed by atoms with Crippen molar-refractivity contribution in [3.63, 3.8) is 0 Å². The number of likely N-dealkylation sites (N-methyl/N-ethyl adjacent to an activating group) is 1. The number of carbonyl (C=O) groups is 1. The Bertz CT molecular complexity index is 447. The van der Waals surface area contributed by atoms with Gasteiger partial charge >= 0.3 is 0 Å². The fourth-order valence-electron chi connectivity index (χ4n) is 2.17. The summed E-state index contributed by atoms with van der Waals surface area (Å²) < 4.78 is 5.37. The first-order valence-corrected chi connectivity index (χ1v) is 6.74. The van der Waals surface area contributed by atoms with Gasteiger partial charge in [-0.1, -0.05) is 18.5 Å². The lowest BCUT2D eigenvalue weighted by Gasteiger charge is -2.18. The minimum atomic E-state index is -0.198. The number of hydrogen-bond acceptors (Lipinski definition) is 4. The van der Waals surface area contributed by atoms with Crippen molar-refractivity contribution in [3.05, 3.63) is 23.0 Å². The van der Waals surface area contributed by atoms with Gasteiger partial charge in [0.2, 0.25) is 5.91 Å². The maximum Gasteiger partial charge on any atom is 0.231 e. The maximum absolute atomic E-state index is 12.3. The van der Waals surface area contributed by atoms with E-state index in [1.54, 1.807) is 6.20 Å². The van der Waals surface area contributed by atoms with Crippen LogP contribution in [-0.4, -0.2) is 36.7 Å². The number of ether oxygens (including phenoxy) is 1. The summed E-state index contributed by atoms with van der Waals surface area (Å²) in [6.45, 7) is 5.70. The first kappa shape index (κ1) is 14.2. The number of aromatic nitrogens is 1. The predicted molar refractivity (Wildman–Crippen MR) is 74.4 cm³/mol. The van der Waals surface area contributed by atoms with Gasteiger partial charge in [-0.3, -0.25) is 4.79 Å². The van der Waals surface area contributed by atoms with Crippen LogP contribution in [0.25, 0.3) is 0 Å². The predicted octanol–water partition coefficient (Wildman–Crippen LogP) is 1.61. The summed E-state index contributed by atoms with van der Waals surface area (Å²) in [6, 6.07) is 1.87. The average molecular weight is 284 g/mol. The highest BCUT2D eigenvalue weighted by atomic mass is 35.5. The van der Waals surface area contributed by atoms with Crippen LogP contribution in [0.4, 0.5) is 5.69 Å². The van der Waals surface area contributed by atoms with Crippen LogP contribution in [0.3, 0.4) is 0 Å². The van der Waals surface area contributed by atoms with Gasteiger partial charge in [0.25, 0.3) is 0 Å². The lowest BCUT2D eigenvalue weighted by molar-refractivity contribution is -0.120. The number of halogens is 1. The SMILES string of the molecule is CCNC1COCC1C(=O)Nc1c(C)ccnc1Cl. The fraction of sp³-hybridized carbons (Fsp3) is 0.538. The Kier molecular flexibility index (Phi) is 4.74. The van der Waals surface area contributed by atoms with Crippen LogP contribution < -0.4 is 10.6 Å².